The molecule has 1 aromatic heterocycles. The zero-order valence-corrected chi connectivity index (χ0v) is 12.1. The second kappa shape index (κ2) is 5.22. The highest BCUT2D eigenvalue weighted by Crippen LogP contribution is 2.32. The van der Waals surface area contributed by atoms with E-state index in [9.17, 15) is 10.1 Å². The Morgan fingerprint density at radius 2 is 2.06 bits per heavy atom. The van der Waals surface area contributed by atoms with Crippen LogP contribution in [0.25, 0.3) is 0 Å². The van der Waals surface area contributed by atoms with Gasteiger partial charge in [0.05, 0.1) is 4.92 Å². The van der Waals surface area contributed by atoms with Gasteiger partial charge in [0.25, 0.3) is 0 Å². The Morgan fingerprint density at radius 3 is 2.61 bits per heavy atom. The average Bonchev–Trinajstić information content (AvgIpc) is 2.27. The summed E-state index contributed by atoms with van der Waals surface area (Å²) in [6.45, 7) is 6.01. The molecule has 18 heavy (non-hydrogen) atoms. The quantitative estimate of drug-likeness (QED) is 0.621. The minimum atomic E-state index is -0.364. The molecule has 2 unspecified atom stereocenters. The van der Waals surface area contributed by atoms with Crippen LogP contribution in [0.4, 0.5) is 11.5 Å². The number of aromatic nitrogens is 1. The minimum absolute atomic E-state index is 0.0747. The van der Waals surface area contributed by atoms with Crippen LogP contribution in [0.2, 0.25) is 0 Å². The van der Waals surface area contributed by atoms with E-state index >= 15 is 0 Å². The van der Waals surface area contributed by atoms with Gasteiger partial charge in [0.1, 0.15) is 0 Å². The predicted molar refractivity (Wildman–Crippen MR) is 73.7 cm³/mol. The lowest BCUT2D eigenvalue weighted by atomic mass is 9.92. The van der Waals surface area contributed by atoms with Crippen LogP contribution >= 0.6 is 15.9 Å². The average molecular weight is 314 g/mol. The number of pyridine rings is 1. The fourth-order valence-corrected chi connectivity index (χ4v) is 2.95. The smallest absolute Gasteiger partial charge is 0.312 e. The van der Waals surface area contributed by atoms with Gasteiger partial charge in [-0.05, 0) is 34.2 Å². The molecule has 0 aliphatic carbocycles. The summed E-state index contributed by atoms with van der Waals surface area (Å²) in [5, 5.41) is 11.1. The van der Waals surface area contributed by atoms with Gasteiger partial charge in [-0.1, -0.05) is 13.8 Å². The molecule has 0 N–H and O–H groups in total. The van der Waals surface area contributed by atoms with Crippen molar-refractivity contribution in [2.75, 3.05) is 18.0 Å². The molecule has 5 nitrogen and oxygen atoms in total. The van der Waals surface area contributed by atoms with E-state index in [1.54, 1.807) is 6.20 Å². The van der Waals surface area contributed by atoms with Crippen molar-refractivity contribution in [3.63, 3.8) is 0 Å². The molecule has 0 aromatic carbocycles. The molecule has 2 rings (SSSR count). The van der Waals surface area contributed by atoms with Gasteiger partial charge >= 0.3 is 5.69 Å². The van der Waals surface area contributed by atoms with Crippen LogP contribution < -0.4 is 4.90 Å². The largest absolute Gasteiger partial charge is 0.350 e. The molecule has 2 atom stereocenters. The van der Waals surface area contributed by atoms with Gasteiger partial charge in [-0.2, -0.15) is 0 Å². The van der Waals surface area contributed by atoms with Crippen LogP contribution in [0.15, 0.2) is 16.7 Å². The number of anilines is 1. The number of hydrogen-bond donors (Lipinski definition) is 0. The maximum Gasteiger partial charge on any atom is 0.312 e. The fourth-order valence-electron chi connectivity index (χ4n) is 2.64. The Bertz CT molecular complexity index is 457. The molecular formula is C12H16BrN3O2. The topological polar surface area (TPSA) is 59.3 Å². The van der Waals surface area contributed by atoms with Crippen LogP contribution in [-0.2, 0) is 0 Å². The lowest BCUT2D eigenvalue weighted by molar-refractivity contribution is -0.384. The molecule has 1 fully saturated rings. The molecule has 98 valence electrons. The molecule has 1 saturated heterocycles. The Kier molecular flexibility index (Phi) is 3.85. The number of nitro groups is 1. The molecule has 0 spiro atoms. The summed E-state index contributed by atoms with van der Waals surface area (Å²) in [5.41, 5.74) is 0.0747. The third-order valence-corrected chi connectivity index (χ3v) is 3.61. The second-order valence-electron chi connectivity index (χ2n) is 5.10. The number of halogens is 1. The highest BCUT2D eigenvalue weighted by atomic mass is 79.9. The van der Waals surface area contributed by atoms with E-state index in [0.717, 1.165) is 13.1 Å². The van der Waals surface area contributed by atoms with E-state index in [1.807, 2.05) is 4.90 Å². The van der Waals surface area contributed by atoms with Crippen LogP contribution in [0, 0.1) is 22.0 Å². The van der Waals surface area contributed by atoms with Crippen molar-refractivity contribution >= 4 is 27.4 Å². The Balaban J connectivity index is 2.35. The normalized spacial score (nSPS) is 24.1. The first-order valence-corrected chi connectivity index (χ1v) is 6.81. The van der Waals surface area contributed by atoms with E-state index < -0.39 is 0 Å². The Labute approximate surface area is 114 Å². The highest BCUT2D eigenvalue weighted by Gasteiger charge is 2.28. The van der Waals surface area contributed by atoms with Crippen LogP contribution in [0.5, 0.6) is 0 Å². The summed E-state index contributed by atoms with van der Waals surface area (Å²) in [4.78, 5) is 17.0. The summed E-state index contributed by atoms with van der Waals surface area (Å²) in [5.74, 6) is 1.57. The maximum atomic E-state index is 11.1. The van der Waals surface area contributed by atoms with E-state index in [1.165, 1.54) is 12.5 Å². The number of rotatable bonds is 2. The lowest BCUT2D eigenvalue weighted by Crippen LogP contribution is -2.39. The molecule has 1 aromatic rings. The van der Waals surface area contributed by atoms with Crippen LogP contribution in [-0.4, -0.2) is 23.0 Å². The van der Waals surface area contributed by atoms with E-state index in [4.69, 9.17) is 0 Å². The molecule has 0 radical (unpaired) electrons. The minimum Gasteiger partial charge on any atom is -0.350 e. The summed E-state index contributed by atoms with van der Waals surface area (Å²) < 4.78 is 0.635. The summed E-state index contributed by atoms with van der Waals surface area (Å²) >= 11 is 3.23. The zero-order chi connectivity index (χ0) is 13.3. The van der Waals surface area contributed by atoms with Crippen LogP contribution in [0.3, 0.4) is 0 Å². The maximum absolute atomic E-state index is 11.1. The van der Waals surface area contributed by atoms with E-state index in [-0.39, 0.29) is 10.6 Å². The van der Waals surface area contributed by atoms with Crippen molar-refractivity contribution in [2.24, 2.45) is 11.8 Å². The van der Waals surface area contributed by atoms with Crippen molar-refractivity contribution in [3.05, 3.63) is 26.9 Å². The van der Waals surface area contributed by atoms with Crippen molar-refractivity contribution in [1.82, 2.24) is 4.98 Å². The molecule has 0 bridgehead atoms. The molecule has 0 amide bonds. The monoisotopic (exact) mass is 313 g/mol. The SMILES string of the molecule is CC1CC(C)CN(c2ncc(Br)cc2[N+](=O)[O-])C1. The summed E-state index contributed by atoms with van der Waals surface area (Å²) in [7, 11) is 0. The molecule has 2 heterocycles. The van der Waals surface area contributed by atoms with E-state index in [0.29, 0.717) is 22.1 Å². The zero-order valence-electron chi connectivity index (χ0n) is 10.5. The Morgan fingerprint density at radius 1 is 1.44 bits per heavy atom. The summed E-state index contributed by atoms with van der Waals surface area (Å²) in [6.07, 6.45) is 2.78. The third kappa shape index (κ3) is 2.80. The highest BCUT2D eigenvalue weighted by molar-refractivity contribution is 9.10. The van der Waals surface area contributed by atoms with Crippen molar-refractivity contribution in [1.29, 1.82) is 0 Å². The number of hydrogen-bond acceptors (Lipinski definition) is 4. The van der Waals surface area contributed by atoms with Crippen molar-refractivity contribution in [3.8, 4) is 0 Å². The molecule has 0 saturated carbocycles. The molecule has 1 aliphatic heterocycles. The Hall–Kier alpha value is -1.17. The third-order valence-electron chi connectivity index (χ3n) is 3.18. The van der Waals surface area contributed by atoms with Gasteiger partial charge < -0.3 is 4.90 Å². The predicted octanol–water partition coefficient (Wildman–Crippen LogP) is 3.23. The second-order valence-corrected chi connectivity index (χ2v) is 6.02. The standard InChI is InChI=1S/C12H16BrN3O2/c1-8-3-9(2)7-15(6-8)12-11(16(17)18)4-10(13)5-14-12/h4-5,8-9H,3,6-7H2,1-2H3. The number of piperidine rings is 1. The lowest BCUT2D eigenvalue weighted by Gasteiger charge is -2.35. The van der Waals surface area contributed by atoms with Gasteiger partial charge in [0.2, 0.25) is 5.82 Å². The first-order chi connectivity index (χ1) is 8.47. The van der Waals surface area contributed by atoms with Gasteiger partial charge in [-0.15, -0.1) is 0 Å². The number of nitrogens with zero attached hydrogens (tertiary/aromatic N) is 3. The van der Waals surface area contributed by atoms with Gasteiger partial charge in [0.15, 0.2) is 0 Å². The summed E-state index contributed by atoms with van der Waals surface area (Å²) in [6, 6.07) is 1.52. The van der Waals surface area contributed by atoms with Gasteiger partial charge in [-0.25, -0.2) is 4.98 Å². The van der Waals surface area contributed by atoms with Crippen molar-refractivity contribution in [2.45, 2.75) is 20.3 Å². The van der Waals surface area contributed by atoms with Crippen molar-refractivity contribution < 1.29 is 4.92 Å². The van der Waals surface area contributed by atoms with Gasteiger partial charge in [0, 0.05) is 29.8 Å². The first kappa shape index (κ1) is 13.3. The molecular weight excluding hydrogens is 298 g/mol. The van der Waals surface area contributed by atoms with Gasteiger partial charge in [-0.3, -0.25) is 10.1 Å². The van der Waals surface area contributed by atoms with E-state index in [2.05, 4.69) is 34.8 Å². The fraction of sp³-hybridized carbons (Fsp3) is 0.583. The van der Waals surface area contributed by atoms with Crippen LogP contribution in [0.1, 0.15) is 20.3 Å². The molecule has 1 aliphatic rings. The first-order valence-electron chi connectivity index (χ1n) is 6.02. The molecule has 6 heteroatoms.